The molecule has 3 nitrogen and oxygen atoms in total. The molecule has 0 amide bonds. The van der Waals surface area contributed by atoms with Gasteiger partial charge >= 0.3 is 5.97 Å². The van der Waals surface area contributed by atoms with Crippen LogP contribution in [-0.2, 0) is 16.0 Å². The molecule has 0 aromatic heterocycles. The minimum absolute atomic E-state index is 0.145. The van der Waals surface area contributed by atoms with E-state index >= 15 is 0 Å². The van der Waals surface area contributed by atoms with Crippen molar-refractivity contribution in [3.05, 3.63) is 35.9 Å². The average Bonchev–Trinajstić information content (AvgIpc) is 2.47. The maximum Gasteiger partial charge on any atom is 0.313 e. The summed E-state index contributed by atoms with van der Waals surface area (Å²) in [7, 11) is 0. The lowest BCUT2D eigenvalue weighted by molar-refractivity contribution is -0.156. The zero-order chi connectivity index (χ0) is 14.1. The van der Waals surface area contributed by atoms with Crippen LogP contribution in [0, 0.1) is 5.41 Å². The van der Waals surface area contributed by atoms with Crippen molar-refractivity contribution in [3.8, 4) is 0 Å². The van der Waals surface area contributed by atoms with E-state index in [1.165, 1.54) is 5.56 Å². The molecule has 0 atom stereocenters. The molecule has 19 heavy (non-hydrogen) atoms. The van der Waals surface area contributed by atoms with Gasteiger partial charge in [0, 0.05) is 6.54 Å². The van der Waals surface area contributed by atoms with Gasteiger partial charge in [-0.15, -0.1) is 0 Å². The summed E-state index contributed by atoms with van der Waals surface area (Å²) in [5, 5.41) is 0. The molecule has 0 saturated carbocycles. The van der Waals surface area contributed by atoms with Crippen molar-refractivity contribution in [2.24, 2.45) is 11.1 Å². The summed E-state index contributed by atoms with van der Waals surface area (Å²) >= 11 is 0. The number of hydrogen-bond acceptors (Lipinski definition) is 3. The van der Waals surface area contributed by atoms with Gasteiger partial charge in [-0.05, 0) is 31.2 Å². The predicted molar refractivity (Wildman–Crippen MR) is 77.8 cm³/mol. The molecule has 0 bridgehead atoms. The summed E-state index contributed by atoms with van der Waals surface area (Å²) < 4.78 is 5.38. The summed E-state index contributed by atoms with van der Waals surface area (Å²) in [5.74, 6) is -0.145. The van der Waals surface area contributed by atoms with E-state index in [1.807, 2.05) is 32.0 Å². The van der Waals surface area contributed by atoms with Crippen molar-refractivity contribution in [1.82, 2.24) is 0 Å². The fraction of sp³-hybridized carbons (Fsp3) is 0.562. The Morgan fingerprint density at radius 1 is 1.21 bits per heavy atom. The normalized spacial score (nSPS) is 11.3. The van der Waals surface area contributed by atoms with Crippen LogP contribution < -0.4 is 5.73 Å². The van der Waals surface area contributed by atoms with E-state index in [4.69, 9.17) is 10.5 Å². The second-order valence-corrected chi connectivity index (χ2v) is 4.92. The first-order chi connectivity index (χ1) is 9.18. The van der Waals surface area contributed by atoms with Crippen molar-refractivity contribution in [3.63, 3.8) is 0 Å². The Morgan fingerprint density at radius 3 is 2.37 bits per heavy atom. The summed E-state index contributed by atoms with van der Waals surface area (Å²) in [6, 6.07) is 10.2. The molecule has 106 valence electrons. The maximum absolute atomic E-state index is 12.1. The van der Waals surface area contributed by atoms with Crippen molar-refractivity contribution < 1.29 is 9.53 Å². The minimum Gasteiger partial charge on any atom is -0.465 e. The first-order valence-corrected chi connectivity index (χ1v) is 7.09. The fourth-order valence-corrected chi connectivity index (χ4v) is 2.15. The number of carbonyl (C=O) groups excluding carboxylic acids is 1. The van der Waals surface area contributed by atoms with Crippen LogP contribution in [0.2, 0.25) is 0 Å². The lowest BCUT2D eigenvalue weighted by Crippen LogP contribution is -2.39. The summed E-state index contributed by atoms with van der Waals surface area (Å²) in [5.41, 5.74) is 6.50. The first-order valence-electron chi connectivity index (χ1n) is 7.09. The quantitative estimate of drug-likeness (QED) is 0.579. The Labute approximate surface area is 116 Å². The molecule has 0 spiro atoms. The number of esters is 1. The van der Waals surface area contributed by atoms with Crippen molar-refractivity contribution >= 4 is 5.97 Å². The van der Waals surface area contributed by atoms with Crippen LogP contribution >= 0.6 is 0 Å². The third-order valence-electron chi connectivity index (χ3n) is 3.86. The highest BCUT2D eigenvalue weighted by molar-refractivity contribution is 5.77. The third-order valence-corrected chi connectivity index (χ3v) is 3.86. The molecule has 0 aliphatic rings. The molecule has 0 aliphatic heterocycles. The van der Waals surface area contributed by atoms with E-state index in [0.29, 0.717) is 13.2 Å². The Bertz CT molecular complexity index is 363. The number of rotatable bonds is 8. The smallest absolute Gasteiger partial charge is 0.313 e. The van der Waals surface area contributed by atoms with E-state index in [9.17, 15) is 4.79 Å². The van der Waals surface area contributed by atoms with Gasteiger partial charge < -0.3 is 10.5 Å². The van der Waals surface area contributed by atoms with Crippen molar-refractivity contribution in [2.45, 2.75) is 39.5 Å². The highest BCUT2D eigenvalue weighted by atomic mass is 16.5. The van der Waals surface area contributed by atoms with Crippen molar-refractivity contribution in [2.75, 3.05) is 13.2 Å². The molecule has 1 rings (SSSR count). The highest BCUT2D eigenvalue weighted by Crippen LogP contribution is 2.26. The Balaban J connectivity index is 2.34. The van der Waals surface area contributed by atoms with Crippen LogP contribution in [0.4, 0.5) is 0 Å². The maximum atomic E-state index is 12.1. The topological polar surface area (TPSA) is 52.3 Å². The van der Waals surface area contributed by atoms with Crippen LogP contribution in [-0.4, -0.2) is 19.1 Å². The number of nitrogens with two attached hydrogens (primary N) is 1. The van der Waals surface area contributed by atoms with Gasteiger partial charge in [0.25, 0.3) is 0 Å². The second-order valence-electron chi connectivity index (χ2n) is 4.92. The molecule has 2 N–H and O–H groups in total. The first kappa shape index (κ1) is 15.7. The van der Waals surface area contributed by atoms with Gasteiger partial charge in [0.1, 0.15) is 0 Å². The standard InChI is InChI=1S/C16H25NO2/c1-3-16(4-2,13-17)15(18)19-12-8-11-14-9-6-5-7-10-14/h5-7,9-10H,3-4,8,11-13,17H2,1-2H3. The summed E-state index contributed by atoms with van der Waals surface area (Å²) in [6.07, 6.45) is 3.25. The molecule has 0 fully saturated rings. The molecule has 0 aliphatic carbocycles. The lowest BCUT2D eigenvalue weighted by atomic mass is 9.82. The fourth-order valence-electron chi connectivity index (χ4n) is 2.15. The van der Waals surface area contributed by atoms with Gasteiger partial charge in [-0.25, -0.2) is 0 Å². The highest BCUT2D eigenvalue weighted by Gasteiger charge is 2.34. The average molecular weight is 263 g/mol. The largest absolute Gasteiger partial charge is 0.465 e. The Kier molecular flexibility index (Phi) is 6.57. The molecule has 0 unspecified atom stereocenters. The van der Waals surface area contributed by atoms with Gasteiger partial charge in [-0.2, -0.15) is 0 Å². The monoisotopic (exact) mass is 263 g/mol. The van der Waals surface area contributed by atoms with Gasteiger partial charge in [-0.3, -0.25) is 4.79 Å². The van der Waals surface area contributed by atoms with E-state index in [0.717, 1.165) is 25.7 Å². The molecular formula is C16H25NO2. The zero-order valence-electron chi connectivity index (χ0n) is 12.0. The minimum atomic E-state index is -0.493. The molecule has 1 aromatic carbocycles. The van der Waals surface area contributed by atoms with Gasteiger partial charge in [0.2, 0.25) is 0 Å². The van der Waals surface area contributed by atoms with E-state index < -0.39 is 5.41 Å². The third kappa shape index (κ3) is 4.35. The number of hydrogen-bond donors (Lipinski definition) is 1. The van der Waals surface area contributed by atoms with Crippen molar-refractivity contribution in [1.29, 1.82) is 0 Å². The molecule has 1 aromatic rings. The van der Waals surface area contributed by atoms with Crippen LogP contribution in [0.25, 0.3) is 0 Å². The van der Waals surface area contributed by atoms with Crippen LogP contribution in [0.1, 0.15) is 38.7 Å². The number of carbonyl (C=O) groups is 1. The second kappa shape index (κ2) is 7.95. The van der Waals surface area contributed by atoms with Crippen LogP contribution in [0.5, 0.6) is 0 Å². The van der Waals surface area contributed by atoms with E-state index in [2.05, 4.69) is 12.1 Å². The summed E-state index contributed by atoms with van der Waals surface area (Å²) in [4.78, 5) is 12.1. The molecule has 0 radical (unpaired) electrons. The number of aryl methyl sites for hydroxylation is 1. The van der Waals surface area contributed by atoms with E-state index in [-0.39, 0.29) is 5.97 Å². The van der Waals surface area contributed by atoms with Gasteiger partial charge in [0.05, 0.1) is 12.0 Å². The molecular weight excluding hydrogens is 238 g/mol. The lowest BCUT2D eigenvalue weighted by Gasteiger charge is -2.27. The van der Waals surface area contributed by atoms with Gasteiger partial charge in [-0.1, -0.05) is 44.2 Å². The van der Waals surface area contributed by atoms with Gasteiger partial charge in [0.15, 0.2) is 0 Å². The van der Waals surface area contributed by atoms with Crippen LogP contribution in [0.3, 0.4) is 0 Å². The summed E-state index contributed by atoms with van der Waals surface area (Å²) in [6.45, 7) is 4.80. The Morgan fingerprint density at radius 2 is 1.84 bits per heavy atom. The van der Waals surface area contributed by atoms with Crippen LogP contribution in [0.15, 0.2) is 30.3 Å². The molecule has 0 heterocycles. The number of ether oxygens (including phenoxy) is 1. The zero-order valence-corrected chi connectivity index (χ0v) is 12.0. The number of benzene rings is 1. The molecule has 0 saturated heterocycles. The predicted octanol–water partition coefficient (Wildman–Crippen LogP) is 2.93. The van der Waals surface area contributed by atoms with E-state index in [1.54, 1.807) is 0 Å². The molecule has 3 heteroatoms. The SMILES string of the molecule is CCC(CC)(CN)C(=O)OCCCc1ccccc1. The Hall–Kier alpha value is -1.35.